The molecule has 45 heavy (non-hydrogen) atoms. The molecule has 0 bridgehead atoms. The van der Waals surface area contributed by atoms with E-state index < -0.39 is 34.3 Å². The Morgan fingerprint density at radius 1 is 0.800 bits per heavy atom. The number of sulfonamides is 1. The van der Waals surface area contributed by atoms with Gasteiger partial charge in [0.25, 0.3) is 10.0 Å². The van der Waals surface area contributed by atoms with Gasteiger partial charge in [-0.05, 0) is 87.2 Å². The van der Waals surface area contributed by atoms with Gasteiger partial charge in [-0.3, -0.25) is 13.9 Å². The minimum absolute atomic E-state index is 0.0344. The number of aryl methyl sites for hydroxylation is 3. The lowest BCUT2D eigenvalue weighted by atomic mass is 10.0. The summed E-state index contributed by atoms with van der Waals surface area (Å²) in [6, 6.07) is 25.8. The molecule has 0 aliphatic carbocycles. The van der Waals surface area contributed by atoms with E-state index in [0.29, 0.717) is 16.8 Å². The number of nitrogens with zero attached hydrogens (tertiary/aromatic N) is 2. The van der Waals surface area contributed by atoms with Crippen LogP contribution in [0.15, 0.2) is 102 Å². The number of rotatable bonds is 12. The van der Waals surface area contributed by atoms with E-state index in [1.165, 1.54) is 29.2 Å². The predicted molar refractivity (Wildman–Crippen MR) is 176 cm³/mol. The van der Waals surface area contributed by atoms with Crippen LogP contribution in [0.1, 0.15) is 41.7 Å². The van der Waals surface area contributed by atoms with Crippen LogP contribution in [0, 0.1) is 26.6 Å². The van der Waals surface area contributed by atoms with Crippen molar-refractivity contribution >= 4 is 27.5 Å². The molecule has 0 saturated carbocycles. The van der Waals surface area contributed by atoms with Gasteiger partial charge in [0.05, 0.1) is 10.6 Å². The second kappa shape index (κ2) is 14.5. The van der Waals surface area contributed by atoms with Crippen LogP contribution in [0.2, 0.25) is 0 Å². The molecule has 1 N–H and O–H groups in total. The van der Waals surface area contributed by atoms with Crippen LogP contribution in [0.5, 0.6) is 0 Å². The molecule has 4 rings (SSSR count). The molecule has 4 aromatic rings. The van der Waals surface area contributed by atoms with Crippen molar-refractivity contribution in [3.63, 3.8) is 0 Å². The summed E-state index contributed by atoms with van der Waals surface area (Å²) in [6.07, 6.45) is 0.195. The molecule has 2 amide bonds. The van der Waals surface area contributed by atoms with Gasteiger partial charge in [0, 0.05) is 19.0 Å². The monoisotopic (exact) mass is 629 g/mol. The third-order valence-corrected chi connectivity index (χ3v) is 9.26. The van der Waals surface area contributed by atoms with E-state index in [2.05, 4.69) is 5.32 Å². The molecule has 1 atom stereocenters. The van der Waals surface area contributed by atoms with Gasteiger partial charge in [-0.1, -0.05) is 72.3 Å². The van der Waals surface area contributed by atoms with Crippen LogP contribution < -0.4 is 9.62 Å². The molecule has 0 spiro atoms. The first-order chi connectivity index (χ1) is 21.3. The second-order valence-corrected chi connectivity index (χ2v) is 13.5. The summed E-state index contributed by atoms with van der Waals surface area (Å²) in [5.74, 6) is -1.37. The number of anilines is 1. The average molecular weight is 630 g/mol. The molecule has 0 heterocycles. The number of amides is 2. The Labute approximate surface area is 265 Å². The van der Waals surface area contributed by atoms with Crippen molar-refractivity contribution in [2.24, 2.45) is 0 Å². The first-order valence-corrected chi connectivity index (χ1v) is 16.3. The Kier molecular flexibility index (Phi) is 10.8. The Morgan fingerprint density at radius 3 is 2.04 bits per heavy atom. The molecule has 0 aliphatic heterocycles. The van der Waals surface area contributed by atoms with E-state index in [-0.39, 0.29) is 29.8 Å². The van der Waals surface area contributed by atoms with E-state index in [1.807, 2.05) is 70.2 Å². The van der Waals surface area contributed by atoms with Crippen LogP contribution in [0.4, 0.5) is 10.1 Å². The van der Waals surface area contributed by atoms with Crippen LogP contribution in [0.25, 0.3) is 0 Å². The number of carbonyl (C=O) groups excluding carboxylic acids is 2. The van der Waals surface area contributed by atoms with Crippen molar-refractivity contribution in [2.75, 3.05) is 10.8 Å². The van der Waals surface area contributed by atoms with E-state index in [0.717, 1.165) is 21.0 Å². The van der Waals surface area contributed by atoms with Crippen molar-refractivity contribution in [2.45, 2.75) is 64.6 Å². The number of nitrogens with one attached hydrogen (secondary N) is 1. The molecule has 0 radical (unpaired) electrons. The topological polar surface area (TPSA) is 86.8 Å². The number of halogens is 1. The zero-order valence-corrected chi connectivity index (χ0v) is 27.1. The lowest BCUT2D eigenvalue weighted by Crippen LogP contribution is -2.54. The highest BCUT2D eigenvalue weighted by atomic mass is 32.2. The first-order valence-electron chi connectivity index (χ1n) is 14.9. The van der Waals surface area contributed by atoms with Crippen LogP contribution in [-0.4, -0.2) is 43.8 Å². The number of hydrogen-bond donors (Lipinski definition) is 1. The van der Waals surface area contributed by atoms with Crippen molar-refractivity contribution in [1.82, 2.24) is 10.2 Å². The third-order valence-electron chi connectivity index (χ3n) is 7.49. The van der Waals surface area contributed by atoms with E-state index in [9.17, 15) is 22.4 Å². The van der Waals surface area contributed by atoms with Crippen molar-refractivity contribution in [1.29, 1.82) is 0 Å². The SMILES string of the molecule is Cc1ccc(S(=O)(=O)N(CC(=O)N(Cc2ccc(F)cc2)[C@@H](Cc2ccccc2)C(=O)NC(C)C)c2cc(C)ccc2C)cc1. The smallest absolute Gasteiger partial charge is 0.264 e. The minimum Gasteiger partial charge on any atom is -0.352 e. The normalized spacial score (nSPS) is 12.1. The fourth-order valence-electron chi connectivity index (χ4n) is 5.06. The molecule has 7 nitrogen and oxygen atoms in total. The molecule has 4 aromatic carbocycles. The van der Waals surface area contributed by atoms with E-state index >= 15 is 0 Å². The van der Waals surface area contributed by atoms with Gasteiger partial charge in [0.15, 0.2) is 0 Å². The summed E-state index contributed by atoms with van der Waals surface area (Å²) < 4.78 is 43.4. The predicted octanol–water partition coefficient (Wildman–Crippen LogP) is 6.11. The fourth-order valence-corrected chi connectivity index (χ4v) is 6.53. The number of benzene rings is 4. The zero-order valence-electron chi connectivity index (χ0n) is 26.3. The Hall–Kier alpha value is -4.50. The van der Waals surface area contributed by atoms with Crippen LogP contribution in [-0.2, 0) is 32.6 Å². The average Bonchev–Trinajstić information content (AvgIpc) is 3.00. The van der Waals surface area contributed by atoms with Crippen molar-refractivity contribution in [3.8, 4) is 0 Å². The van der Waals surface area contributed by atoms with Gasteiger partial charge in [-0.25, -0.2) is 12.8 Å². The maximum absolute atomic E-state index is 14.5. The first kappa shape index (κ1) is 33.4. The Morgan fingerprint density at radius 2 is 1.42 bits per heavy atom. The molecule has 0 saturated heterocycles. The van der Waals surface area contributed by atoms with Gasteiger partial charge in [0.2, 0.25) is 11.8 Å². The summed E-state index contributed by atoms with van der Waals surface area (Å²) in [6.45, 7) is 8.59. The molecule has 0 aromatic heterocycles. The quantitative estimate of drug-likeness (QED) is 0.205. The molecule has 0 aliphatic rings. The standard InChI is InChI=1S/C36H40FN3O4S/c1-25(2)38-36(42)34(22-29-9-7-6-8-10-29)39(23-30-15-17-31(37)18-16-30)35(41)24-40(33-21-27(4)11-14-28(33)5)45(43,44)32-19-12-26(3)13-20-32/h6-21,25,34H,22-24H2,1-5H3,(H,38,42)/t34-/m0/s1. The lowest BCUT2D eigenvalue weighted by molar-refractivity contribution is -0.140. The van der Waals surface area contributed by atoms with Crippen LogP contribution in [0.3, 0.4) is 0 Å². The van der Waals surface area contributed by atoms with Crippen LogP contribution >= 0.6 is 0 Å². The third kappa shape index (κ3) is 8.57. The molecule has 0 unspecified atom stereocenters. The van der Waals surface area contributed by atoms with Gasteiger partial charge in [-0.2, -0.15) is 0 Å². The largest absolute Gasteiger partial charge is 0.352 e. The maximum Gasteiger partial charge on any atom is 0.264 e. The fraction of sp³-hybridized carbons (Fsp3) is 0.278. The summed E-state index contributed by atoms with van der Waals surface area (Å²) in [5, 5.41) is 2.93. The Bertz CT molecular complexity index is 1720. The summed E-state index contributed by atoms with van der Waals surface area (Å²) in [5.41, 5.74) is 4.20. The van der Waals surface area contributed by atoms with Crippen molar-refractivity contribution in [3.05, 3.63) is 131 Å². The number of hydrogen-bond acceptors (Lipinski definition) is 4. The van der Waals surface area contributed by atoms with Gasteiger partial charge >= 0.3 is 0 Å². The second-order valence-electron chi connectivity index (χ2n) is 11.6. The lowest BCUT2D eigenvalue weighted by Gasteiger charge is -2.34. The summed E-state index contributed by atoms with van der Waals surface area (Å²) >= 11 is 0. The molecule has 0 fully saturated rings. The zero-order chi connectivity index (χ0) is 32.7. The molecule has 9 heteroatoms. The highest BCUT2D eigenvalue weighted by Gasteiger charge is 2.35. The van der Waals surface area contributed by atoms with Gasteiger partial charge in [0.1, 0.15) is 18.4 Å². The summed E-state index contributed by atoms with van der Waals surface area (Å²) in [4.78, 5) is 29.7. The molecule has 236 valence electrons. The van der Waals surface area contributed by atoms with Crippen molar-refractivity contribution < 1.29 is 22.4 Å². The number of carbonyl (C=O) groups is 2. The summed E-state index contributed by atoms with van der Waals surface area (Å²) in [7, 11) is -4.21. The molecular weight excluding hydrogens is 589 g/mol. The van der Waals surface area contributed by atoms with E-state index in [4.69, 9.17) is 0 Å². The van der Waals surface area contributed by atoms with Gasteiger partial charge < -0.3 is 10.2 Å². The highest BCUT2D eigenvalue weighted by molar-refractivity contribution is 7.92. The Balaban J connectivity index is 1.83. The maximum atomic E-state index is 14.5. The minimum atomic E-state index is -4.21. The van der Waals surface area contributed by atoms with Gasteiger partial charge in [-0.15, -0.1) is 0 Å². The molecular formula is C36H40FN3O4S. The highest BCUT2D eigenvalue weighted by Crippen LogP contribution is 2.29. The van der Waals surface area contributed by atoms with E-state index in [1.54, 1.807) is 37.3 Å².